The van der Waals surface area contributed by atoms with Gasteiger partial charge in [0.15, 0.2) is 0 Å². The lowest BCUT2D eigenvalue weighted by molar-refractivity contribution is 0.316. The molecule has 5 nitrogen and oxygen atoms in total. The van der Waals surface area contributed by atoms with Gasteiger partial charge in [0, 0.05) is 11.1 Å². The van der Waals surface area contributed by atoms with Crippen molar-refractivity contribution < 1.29 is 0 Å². The van der Waals surface area contributed by atoms with Crippen LogP contribution >= 0.6 is 0 Å². The van der Waals surface area contributed by atoms with Crippen LogP contribution in [0, 0.1) is 0 Å². The van der Waals surface area contributed by atoms with E-state index in [0.717, 1.165) is 24.0 Å². The van der Waals surface area contributed by atoms with E-state index < -0.39 is 0 Å². The second kappa shape index (κ2) is 14.2. The van der Waals surface area contributed by atoms with E-state index in [1.807, 2.05) is 0 Å². The zero-order valence-corrected chi connectivity index (χ0v) is 31.5. The van der Waals surface area contributed by atoms with Crippen LogP contribution in [0.3, 0.4) is 0 Å². The monoisotopic (exact) mass is 736 g/mol. The predicted molar refractivity (Wildman–Crippen MR) is 235 cm³/mol. The fourth-order valence-electron chi connectivity index (χ4n) is 9.16. The summed E-state index contributed by atoms with van der Waals surface area (Å²) in [7, 11) is 0. The average Bonchev–Trinajstić information content (AvgIpc) is 3.64. The molecule has 4 unspecified atom stereocenters. The summed E-state index contributed by atoms with van der Waals surface area (Å²) in [6.45, 7) is 0. The Hall–Kier alpha value is -6.50. The number of fused-ring (bicyclic) bond motifs is 4. The van der Waals surface area contributed by atoms with Gasteiger partial charge in [-0.3, -0.25) is 0 Å². The molecule has 5 heteroatoms. The van der Waals surface area contributed by atoms with Crippen LogP contribution in [0.25, 0.3) is 38.7 Å². The highest BCUT2D eigenvalue weighted by Crippen LogP contribution is 2.55. The quantitative estimate of drug-likeness (QED) is 0.159. The first-order valence-corrected chi connectivity index (χ1v) is 20.1. The Labute approximate surface area is 334 Å². The Kier molecular flexibility index (Phi) is 8.43. The van der Waals surface area contributed by atoms with Gasteiger partial charge in [-0.1, -0.05) is 193 Å². The maximum Gasteiger partial charge on any atom is 0.130 e. The number of rotatable bonds is 6. The lowest BCUT2D eigenvalue weighted by Crippen LogP contribution is -2.44. The number of para-hydroxylation sites is 2. The van der Waals surface area contributed by atoms with Gasteiger partial charge in [-0.2, -0.15) is 0 Å². The molecule has 0 bridgehead atoms. The first kappa shape index (κ1) is 33.8. The minimum absolute atomic E-state index is 0.0206. The number of benzene rings is 7. The average molecular weight is 737 g/mol. The number of hydrogen-bond acceptors (Lipinski definition) is 4. The second-order valence-corrected chi connectivity index (χ2v) is 15.3. The highest BCUT2D eigenvalue weighted by atomic mass is 15.4. The molecule has 4 atom stereocenters. The second-order valence-electron chi connectivity index (χ2n) is 15.3. The van der Waals surface area contributed by atoms with Gasteiger partial charge < -0.3 is 26.2 Å². The molecule has 3 N–H and O–H groups in total. The molecule has 0 spiro atoms. The molecule has 276 valence electrons. The molecule has 7 aromatic rings. The van der Waals surface area contributed by atoms with E-state index in [0.29, 0.717) is 0 Å². The van der Waals surface area contributed by atoms with Crippen molar-refractivity contribution in [3.8, 4) is 22.3 Å². The maximum atomic E-state index is 5.27. The van der Waals surface area contributed by atoms with Gasteiger partial charge in [-0.25, -0.2) is 0 Å². The van der Waals surface area contributed by atoms with Crippen molar-refractivity contribution in [1.82, 2.24) is 10.6 Å². The molecule has 1 saturated heterocycles. The minimum Gasteiger partial charge on any atom is -0.624 e. The molecule has 7 aromatic carbocycles. The van der Waals surface area contributed by atoms with Crippen molar-refractivity contribution in [1.29, 1.82) is 0 Å². The summed E-state index contributed by atoms with van der Waals surface area (Å²) in [5.41, 5.74) is 18.6. The summed E-state index contributed by atoms with van der Waals surface area (Å²) in [5, 5.41) is 16.7. The zero-order chi connectivity index (χ0) is 37.7. The largest absolute Gasteiger partial charge is 0.624 e. The normalized spacial score (nSPS) is 20.6. The first-order chi connectivity index (χ1) is 28.2. The molecule has 3 heterocycles. The lowest BCUT2D eigenvalue weighted by Gasteiger charge is -2.50. The van der Waals surface area contributed by atoms with Crippen LogP contribution in [0.2, 0.25) is 0 Å². The molecular formula is C52H42N5-. The van der Waals surface area contributed by atoms with Crippen molar-refractivity contribution in [3.63, 3.8) is 0 Å². The Bertz CT molecular complexity index is 2620. The summed E-state index contributed by atoms with van der Waals surface area (Å²) in [4.78, 5) is 2.53. The molecule has 0 saturated carbocycles. The summed E-state index contributed by atoms with van der Waals surface area (Å²) in [5.74, 6) is 0. The number of allylic oxidation sites excluding steroid dienone is 4. The fraction of sp³-hybridized carbons (Fsp3) is 0.115. The fourth-order valence-corrected chi connectivity index (χ4v) is 9.16. The van der Waals surface area contributed by atoms with E-state index in [9.17, 15) is 0 Å². The molecule has 3 aliphatic heterocycles. The van der Waals surface area contributed by atoms with Crippen molar-refractivity contribution in [2.75, 3.05) is 10.2 Å². The number of hydrogen-bond donors (Lipinski definition) is 3. The smallest absolute Gasteiger partial charge is 0.130 e. The number of nitrogens with zero attached hydrogens (tertiary/aromatic N) is 2. The van der Waals surface area contributed by atoms with Gasteiger partial charge in [0.05, 0.1) is 23.2 Å². The van der Waals surface area contributed by atoms with E-state index in [2.05, 4.69) is 209 Å². The maximum absolute atomic E-state index is 5.27. The molecule has 0 radical (unpaired) electrons. The van der Waals surface area contributed by atoms with E-state index in [-0.39, 0.29) is 24.7 Å². The van der Waals surface area contributed by atoms with E-state index in [1.165, 1.54) is 72.7 Å². The summed E-state index contributed by atoms with van der Waals surface area (Å²) < 4.78 is 0. The van der Waals surface area contributed by atoms with Crippen molar-refractivity contribution in [2.45, 2.75) is 37.5 Å². The number of anilines is 3. The Balaban J connectivity index is 0.885. The van der Waals surface area contributed by atoms with Crippen LogP contribution in [-0.4, -0.2) is 0 Å². The third-order valence-electron chi connectivity index (χ3n) is 11.9. The third kappa shape index (κ3) is 6.08. The molecule has 0 amide bonds. The molecule has 0 aromatic heterocycles. The minimum atomic E-state index is -0.183. The van der Waals surface area contributed by atoms with Crippen molar-refractivity contribution in [3.05, 3.63) is 227 Å². The summed E-state index contributed by atoms with van der Waals surface area (Å²) >= 11 is 0. The summed E-state index contributed by atoms with van der Waals surface area (Å²) in [6, 6.07) is 63.6. The zero-order valence-electron chi connectivity index (χ0n) is 31.5. The predicted octanol–water partition coefficient (Wildman–Crippen LogP) is 12.8. The van der Waals surface area contributed by atoms with Gasteiger partial charge >= 0.3 is 0 Å². The summed E-state index contributed by atoms with van der Waals surface area (Å²) in [6.07, 6.45) is 6.41. The van der Waals surface area contributed by atoms with Gasteiger partial charge in [-0.05, 0) is 75.6 Å². The van der Waals surface area contributed by atoms with Gasteiger partial charge in [0.2, 0.25) is 0 Å². The van der Waals surface area contributed by atoms with Crippen molar-refractivity contribution >= 4 is 28.2 Å². The molecule has 57 heavy (non-hydrogen) atoms. The topological polar surface area (TPSA) is 53.4 Å². The van der Waals surface area contributed by atoms with Crippen LogP contribution in [0.4, 0.5) is 17.1 Å². The van der Waals surface area contributed by atoms with Gasteiger partial charge in [0.1, 0.15) is 6.17 Å². The van der Waals surface area contributed by atoms with Gasteiger partial charge in [-0.15, -0.1) is 0 Å². The first-order valence-electron chi connectivity index (χ1n) is 20.1. The molecule has 1 fully saturated rings. The van der Waals surface area contributed by atoms with Crippen molar-refractivity contribution in [2.24, 2.45) is 0 Å². The van der Waals surface area contributed by atoms with E-state index in [1.54, 1.807) is 0 Å². The molecule has 4 aliphatic rings. The highest BCUT2D eigenvalue weighted by molar-refractivity contribution is 6.08. The molecule has 1 aliphatic carbocycles. The Morgan fingerprint density at radius 1 is 0.509 bits per heavy atom. The molecular weight excluding hydrogens is 695 g/mol. The van der Waals surface area contributed by atoms with Gasteiger partial charge in [0.25, 0.3) is 0 Å². The lowest BCUT2D eigenvalue weighted by atomic mass is 9.88. The standard InChI is InChI=1S/C52H42N5/c1-3-14-35(15-4-1)49-54-50(36-16-5-2-6-17-36)56-51(55-49)41-21-12-20-40(33-41)39-19-11-18-38(32-39)34-28-30-37(31-29-34)52-53-46-26-13-25-45-43-23-8-7-22-42(43)44-24-9-10-27-47(44)57(52)48(45)46/h1-7,9-22,24-33,49-55H,8,23H2/q-1. The SMILES string of the molecule is C1=CC2=C(CC1)c1cccc3c1N(c1ccccc12)C(c1ccc(-c2cccc(-c4cccc(C5[N-]C(c6ccccc6)NC(c6ccccc6)N5)c4)c2)cc1)N3. The highest BCUT2D eigenvalue weighted by Gasteiger charge is 2.37. The van der Waals surface area contributed by atoms with Crippen LogP contribution < -0.4 is 20.9 Å². The van der Waals surface area contributed by atoms with Crippen LogP contribution in [0.1, 0.15) is 70.9 Å². The van der Waals surface area contributed by atoms with E-state index in [4.69, 9.17) is 5.32 Å². The third-order valence-corrected chi connectivity index (χ3v) is 11.9. The Morgan fingerprint density at radius 3 is 1.95 bits per heavy atom. The Morgan fingerprint density at radius 2 is 1.14 bits per heavy atom. The van der Waals surface area contributed by atoms with Crippen LogP contribution in [0.5, 0.6) is 0 Å². The van der Waals surface area contributed by atoms with Crippen LogP contribution in [0.15, 0.2) is 188 Å². The van der Waals surface area contributed by atoms with E-state index >= 15 is 0 Å². The van der Waals surface area contributed by atoms with Crippen LogP contribution in [-0.2, 0) is 0 Å². The number of nitrogens with one attached hydrogen (secondary N) is 3. The molecule has 11 rings (SSSR count).